The number of amides is 1. The number of fused-ring (bicyclic) bond motifs is 1. The molecule has 0 radical (unpaired) electrons. The molecule has 1 aliphatic heterocycles. The summed E-state index contributed by atoms with van der Waals surface area (Å²) in [5.74, 6) is -0.149. The predicted molar refractivity (Wildman–Crippen MR) is 98.4 cm³/mol. The summed E-state index contributed by atoms with van der Waals surface area (Å²) < 4.78 is 6.83. The highest BCUT2D eigenvalue weighted by Gasteiger charge is 2.29. The maximum Gasteiger partial charge on any atom is 0.262 e. The molecule has 2 aromatic heterocycles. The first-order valence-corrected chi connectivity index (χ1v) is 9.18. The monoisotopic (exact) mass is 364 g/mol. The van der Waals surface area contributed by atoms with Gasteiger partial charge in [0, 0.05) is 32.2 Å². The quantitative estimate of drug-likeness (QED) is 0.881. The van der Waals surface area contributed by atoms with Crippen LogP contribution in [0.5, 0.6) is 0 Å². The van der Waals surface area contributed by atoms with Crippen molar-refractivity contribution in [1.29, 1.82) is 0 Å². The number of rotatable bonds is 4. The molecule has 0 aliphatic carbocycles. The Morgan fingerprint density at radius 3 is 2.76 bits per heavy atom. The highest BCUT2D eigenvalue weighted by atomic mass is 32.1. The predicted octanol–water partition coefficient (Wildman–Crippen LogP) is 1.14. The Morgan fingerprint density at radius 2 is 2.08 bits per heavy atom. The fraction of sp³-hybridized carbons (Fsp3) is 0.588. The van der Waals surface area contributed by atoms with E-state index in [0.29, 0.717) is 27.2 Å². The lowest BCUT2D eigenvalue weighted by molar-refractivity contribution is -0.00922. The molecule has 25 heavy (non-hydrogen) atoms. The second kappa shape index (κ2) is 6.86. The van der Waals surface area contributed by atoms with Gasteiger partial charge in [0.15, 0.2) is 0 Å². The summed E-state index contributed by atoms with van der Waals surface area (Å²) >= 11 is 1.27. The maximum absolute atomic E-state index is 12.7. The molecule has 0 unspecified atom stereocenters. The van der Waals surface area contributed by atoms with Crippen molar-refractivity contribution in [3.8, 4) is 0 Å². The number of hydrogen-bond acceptors (Lipinski definition) is 6. The number of carbonyl (C=O) groups is 1. The number of morpholine rings is 1. The molecule has 0 aromatic carbocycles. The van der Waals surface area contributed by atoms with Crippen LogP contribution in [0, 0.1) is 6.92 Å². The number of nitrogens with one attached hydrogen (secondary N) is 1. The number of hydrogen-bond donors (Lipinski definition) is 1. The van der Waals surface area contributed by atoms with Crippen LogP contribution in [0.1, 0.15) is 29.1 Å². The molecule has 1 fully saturated rings. The average Bonchev–Trinajstić information content (AvgIpc) is 2.94. The van der Waals surface area contributed by atoms with E-state index >= 15 is 0 Å². The zero-order valence-corrected chi connectivity index (χ0v) is 15.9. The van der Waals surface area contributed by atoms with E-state index in [1.165, 1.54) is 22.2 Å². The van der Waals surface area contributed by atoms with Gasteiger partial charge in [-0.2, -0.15) is 0 Å². The Labute approximate surface area is 150 Å². The molecule has 3 heterocycles. The molecule has 1 aliphatic rings. The molecule has 0 atom stereocenters. The first-order chi connectivity index (χ1) is 11.8. The summed E-state index contributed by atoms with van der Waals surface area (Å²) in [6.45, 7) is 9.76. The second-order valence-corrected chi connectivity index (χ2v) is 7.99. The third-order valence-electron chi connectivity index (χ3n) is 4.77. The van der Waals surface area contributed by atoms with Gasteiger partial charge in [-0.25, -0.2) is 4.98 Å². The average molecular weight is 364 g/mol. The molecule has 0 spiro atoms. The lowest BCUT2D eigenvalue weighted by Gasteiger charge is -2.40. The lowest BCUT2D eigenvalue weighted by Crippen LogP contribution is -2.55. The summed E-state index contributed by atoms with van der Waals surface area (Å²) in [5, 5.41) is 3.56. The van der Waals surface area contributed by atoms with E-state index in [4.69, 9.17) is 4.74 Å². The normalized spacial score (nSPS) is 16.3. The van der Waals surface area contributed by atoms with Gasteiger partial charge in [-0.15, -0.1) is 11.3 Å². The molecule has 1 amide bonds. The van der Waals surface area contributed by atoms with Gasteiger partial charge in [0.2, 0.25) is 0 Å². The molecule has 8 heteroatoms. The molecular weight excluding hydrogens is 340 g/mol. The largest absolute Gasteiger partial charge is 0.379 e. The zero-order valence-electron chi connectivity index (χ0n) is 15.1. The topological polar surface area (TPSA) is 76.5 Å². The van der Waals surface area contributed by atoms with Crippen LogP contribution in [0.4, 0.5) is 0 Å². The Balaban J connectivity index is 1.77. The van der Waals surface area contributed by atoms with Crippen LogP contribution in [0.3, 0.4) is 0 Å². The maximum atomic E-state index is 12.7. The van der Waals surface area contributed by atoms with Gasteiger partial charge in [0.25, 0.3) is 11.5 Å². The summed E-state index contributed by atoms with van der Waals surface area (Å²) in [5.41, 5.74) is 0.431. The van der Waals surface area contributed by atoms with Crippen LogP contribution in [0.15, 0.2) is 11.1 Å². The summed E-state index contributed by atoms with van der Waals surface area (Å²) in [6.07, 6.45) is 1.49. The molecular formula is C17H24N4O3S. The summed E-state index contributed by atoms with van der Waals surface area (Å²) in [7, 11) is 1.66. The minimum absolute atomic E-state index is 0.119. The molecule has 0 saturated carbocycles. The first-order valence-electron chi connectivity index (χ1n) is 8.37. The Bertz CT molecular complexity index is 849. The van der Waals surface area contributed by atoms with E-state index in [1.54, 1.807) is 7.05 Å². The molecule has 7 nitrogen and oxygen atoms in total. The molecule has 136 valence electrons. The van der Waals surface area contributed by atoms with Crippen LogP contribution in [0.25, 0.3) is 10.2 Å². The van der Waals surface area contributed by atoms with Crippen LogP contribution in [-0.2, 0) is 11.8 Å². The Kier molecular flexibility index (Phi) is 4.95. The van der Waals surface area contributed by atoms with Crippen molar-refractivity contribution in [2.75, 3.05) is 32.8 Å². The zero-order chi connectivity index (χ0) is 18.2. The van der Waals surface area contributed by atoms with Crippen LogP contribution in [-0.4, -0.2) is 58.7 Å². The van der Waals surface area contributed by atoms with E-state index in [9.17, 15) is 9.59 Å². The highest BCUT2D eigenvalue weighted by Crippen LogP contribution is 2.26. The second-order valence-electron chi connectivity index (χ2n) is 6.99. The van der Waals surface area contributed by atoms with Gasteiger partial charge in [0.05, 0.1) is 29.8 Å². The van der Waals surface area contributed by atoms with Crippen LogP contribution >= 0.6 is 11.3 Å². The van der Waals surface area contributed by atoms with E-state index in [2.05, 4.69) is 29.0 Å². The number of carbonyl (C=O) groups excluding carboxylic acids is 1. The van der Waals surface area contributed by atoms with Gasteiger partial charge in [-0.05, 0) is 26.3 Å². The van der Waals surface area contributed by atoms with Crippen molar-refractivity contribution in [2.24, 2.45) is 7.05 Å². The molecule has 1 N–H and O–H groups in total. The molecule has 0 bridgehead atoms. The van der Waals surface area contributed by atoms with Gasteiger partial charge in [0.1, 0.15) is 4.83 Å². The van der Waals surface area contributed by atoms with Crippen molar-refractivity contribution in [3.63, 3.8) is 0 Å². The van der Waals surface area contributed by atoms with E-state index in [0.717, 1.165) is 26.3 Å². The van der Waals surface area contributed by atoms with E-state index in [-0.39, 0.29) is 17.0 Å². The van der Waals surface area contributed by atoms with Gasteiger partial charge < -0.3 is 14.6 Å². The van der Waals surface area contributed by atoms with Crippen molar-refractivity contribution < 1.29 is 9.53 Å². The van der Waals surface area contributed by atoms with E-state index < -0.39 is 0 Å². The summed E-state index contributed by atoms with van der Waals surface area (Å²) in [6, 6.07) is 0. The van der Waals surface area contributed by atoms with Crippen LogP contribution < -0.4 is 10.9 Å². The smallest absolute Gasteiger partial charge is 0.262 e. The Morgan fingerprint density at radius 1 is 1.40 bits per heavy atom. The standard InChI is InChI=1S/C17H24N4O3S/c1-11-12-15(19-10-20(4)16(12)23)25-13(11)14(22)18-9-17(2,3)21-5-7-24-8-6-21/h10H,5-9H2,1-4H3,(H,18,22). The number of aromatic nitrogens is 2. The summed E-state index contributed by atoms with van der Waals surface area (Å²) in [4.78, 5) is 32.7. The number of nitrogens with zero attached hydrogens (tertiary/aromatic N) is 3. The lowest BCUT2D eigenvalue weighted by atomic mass is 10.0. The van der Waals surface area contributed by atoms with E-state index in [1.807, 2.05) is 6.92 Å². The molecule has 3 rings (SSSR count). The van der Waals surface area contributed by atoms with Crippen molar-refractivity contribution in [2.45, 2.75) is 26.3 Å². The SMILES string of the molecule is Cc1c(C(=O)NCC(C)(C)N2CCOCC2)sc2ncn(C)c(=O)c12. The minimum atomic E-state index is -0.154. The fourth-order valence-corrected chi connectivity index (χ4v) is 4.14. The number of aryl methyl sites for hydroxylation is 2. The minimum Gasteiger partial charge on any atom is -0.379 e. The van der Waals surface area contributed by atoms with Crippen molar-refractivity contribution >= 4 is 27.5 Å². The van der Waals surface area contributed by atoms with Crippen molar-refractivity contribution in [1.82, 2.24) is 19.8 Å². The first kappa shape index (κ1) is 18.0. The third kappa shape index (κ3) is 3.47. The van der Waals surface area contributed by atoms with Crippen LogP contribution in [0.2, 0.25) is 0 Å². The number of thiophene rings is 1. The van der Waals surface area contributed by atoms with Gasteiger partial charge in [-0.1, -0.05) is 0 Å². The van der Waals surface area contributed by atoms with Gasteiger partial charge >= 0.3 is 0 Å². The number of ether oxygens (including phenoxy) is 1. The fourth-order valence-electron chi connectivity index (χ4n) is 3.08. The third-order valence-corrected chi connectivity index (χ3v) is 5.96. The van der Waals surface area contributed by atoms with Crippen molar-refractivity contribution in [3.05, 3.63) is 27.1 Å². The molecule has 1 saturated heterocycles. The molecule has 2 aromatic rings. The Hall–Kier alpha value is -1.77. The highest BCUT2D eigenvalue weighted by molar-refractivity contribution is 7.20. The van der Waals surface area contributed by atoms with Gasteiger partial charge in [-0.3, -0.25) is 14.5 Å².